The van der Waals surface area contributed by atoms with Crippen LogP contribution in [0.15, 0.2) is 0 Å². The summed E-state index contributed by atoms with van der Waals surface area (Å²) in [6, 6.07) is 0. The van der Waals surface area contributed by atoms with Gasteiger partial charge in [-0.05, 0) is 6.42 Å². The maximum atomic E-state index is 10.9. The summed E-state index contributed by atoms with van der Waals surface area (Å²) in [6.45, 7) is 2.16. The predicted molar refractivity (Wildman–Crippen MR) is 63.4 cm³/mol. The van der Waals surface area contributed by atoms with E-state index in [-0.39, 0.29) is 0 Å². The third-order valence-electron chi connectivity index (χ3n) is 2.34. The van der Waals surface area contributed by atoms with E-state index in [1.54, 1.807) is 0 Å². The van der Waals surface area contributed by atoms with Crippen LogP contribution in [0.1, 0.15) is 51.9 Å². The number of thiol groups is 1. The number of aliphatic carboxylic acids is 1. The van der Waals surface area contributed by atoms with Gasteiger partial charge in [0.1, 0.15) is 0 Å². The maximum absolute atomic E-state index is 10.9. The average molecular weight is 232 g/mol. The van der Waals surface area contributed by atoms with Crippen LogP contribution >= 0.6 is 12.6 Å². The molecule has 88 valence electrons. The van der Waals surface area contributed by atoms with Crippen LogP contribution in [0.5, 0.6) is 0 Å². The van der Waals surface area contributed by atoms with Crippen molar-refractivity contribution < 1.29 is 14.7 Å². The zero-order valence-corrected chi connectivity index (χ0v) is 10.1. The fourth-order valence-electron chi connectivity index (χ4n) is 1.39. The molecule has 0 heterocycles. The highest BCUT2D eigenvalue weighted by Crippen LogP contribution is 2.12. The molecule has 1 unspecified atom stereocenters. The Kier molecular flexibility index (Phi) is 8.47. The topological polar surface area (TPSA) is 54.4 Å². The monoisotopic (exact) mass is 232 g/mol. The van der Waals surface area contributed by atoms with Gasteiger partial charge in [-0.25, -0.2) is 4.79 Å². The van der Waals surface area contributed by atoms with Crippen LogP contribution in [0.3, 0.4) is 0 Å². The molecular formula is C11H20O3S. The summed E-state index contributed by atoms with van der Waals surface area (Å²) in [5.74, 6) is -2.16. The second-order valence-electron chi connectivity index (χ2n) is 3.74. The van der Waals surface area contributed by atoms with E-state index in [0.717, 1.165) is 19.3 Å². The summed E-state index contributed by atoms with van der Waals surface area (Å²) in [6.07, 6.45) is 7.36. The summed E-state index contributed by atoms with van der Waals surface area (Å²) in [7, 11) is 0. The Morgan fingerprint density at radius 1 is 1.13 bits per heavy atom. The SMILES string of the molecule is CCCCCCCCC(S)C(=O)C(=O)O. The number of carboxylic acid groups (broad SMARTS) is 1. The summed E-state index contributed by atoms with van der Waals surface area (Å²) in [5, 5.41) is 7.80. The van der Waals surface area contributed by atoms with Crippen molar-refractivity contribution >= 4 is 24.4 Å². The van der Waals surface area contributed by atoms with Gasteiger partial charge in [0.2, 0.25) is 0 Å². The summed E-state index contributed by atoms with van der Waals surface area (Å²) < 4.78 is 0. The zero-order valence-electron chi connectivity index (χ0n) is 9.24. The van der Waals surface area contributed by atoms with Crippen LogP contribution in [0, 0.1) is 0 Å². The molecule has 0 aromatic carbocycles. The van der Waals surface area contributed by atoms with Gasteiger partial charge in [0.25, 0.3) is 5.78 Å². The van der Waals surface area contributed by atoms with Crippen molar-refractivity contribution in [1.82, 2.24) is 0 Å². The van der Waals surface area contributed by atoms with E-state index in [4.69, 9.17) is 5.11 Å². The van der Waals surface area contributed by atoms with Crippen molar-refractivity contribution in [2.45, 2.75) is 57.1 Å². The largest absolute Gasteiger partial charge is 0.475 e. The lowest BCUT2D eigenvalue weighted by Crippen LogP contribution is -2.23. The highest BCUT2D eigenvalue weighted by atomic mass is 32.1. The fourth-order valence-corrected chi connectivity index (χ4v) is 1.68. The Morgan fingerprint density at radius 3 is 2.20 bits per heavy atom. The van der Waals surface area contributed by atoms with Crippen LogP contribution in [0.25, 0.3) is 0 Å². The molecule has 0 aromatic heterocycles. The first-order chi connectivity index (χ1) is 7.09. The highest BCUT2D eigenvalue weighted by Gasteiger charge is 2.20. The van der Waals surface area contributed by atoms with Crippen molar-refractivity contribution in [3.8, 4) is 0 Å². The summed E-state index contributed by atoms with van der Waals surface area (Å²) >= 11 is 3.98. The Bertz CT molecular complexity index is 204. The quantitative estimate of drug-likeness (QED) is 0.365. The molecule has 0 aliphatic rings. The summed E-state index contributed by atoms with van der Waals surface area (Å²) in [5.41, 5.74) is 0. The normalized spacial score (nSPS) is 12.4. The van der Waals surface area contributed by atoms with Crippen LogP contribution in [0.2, 0.25) is 0 Å². The first kappa shape index (κ1) is 14.5. The van der Waals surface area contributed by atoms with E-state index in [1.807, 2.05) is 0 Å². The molecule has 15 heavy (non-hydrogen) atoms. The molecule has 0 saturated heterocycles. The Balaban J connectivity index is 3.43. The lowest BCUT2D eigenvalue weighted by Gasteiger charge is -2.05. The minimum absolute atomic E-state index is 0.570. The number of hydrogen-bond donors (Lipinski definition) is 2. The van der Waals surface area contributed by atoms with Crippen molar-refractivity contribution in [1.29, 1.82) is 0 Å². The first-order valence-corrected chi connectivity index (χ1v) is 6.06. The number of carbonyl (C=O) groups excluding carboxylic acids is 1. The fraction of sp³-hybridized carbons (Fsp3) is 0.818. The predicted octanol–water partition coefficient (Wildman–Crippen LogP) is 2.69. The molecule has 0 amide bonds. The van der Waals surface area contributed by atoms with Gasteiger partial charge in [-0.15, -0.1) is 0 Å². The minimum Gasteiger partial charge on any atom is -0.475 e. The Morgan fingerprint density at radius 2 is 1.67 bits per heavy atom. The third-order valence-corrected chi connectivity index (χ3v) is 2.84. The molecule has 0 bridgehead atoms. The van der Waals surface area contributed by atoms with Crippen molar-refractivity contribution in [2.24, 2.45) is 0 Å². The van der Waals surface area contributed by atoms with Gasteiger partial charge in [0, 0.05) is 0 Å². The molecule has 0 aliphatic carbocycles. The molecule has 0 radical (unpaired) electrons. The third kappa shape index (κ3) is 7.42. The van der Waals surface area contributed by atoms with Gasteiger partial charge in [-0.3, -0.25) is 4.79 Å². The van der Waals surface area contributed by atoms with Gasteiger partial charge in [-0.2, -0.15) is 12.6 Å². The van der Waals surface area contributed by atoms with E-state index in [0.29, 0.717) is 6.42 Å². The van der Waals surface area contributed by atoms with Gasteiger partial charge in [0.05, 0.1) is 5.25 Å². The molecule has 0 spiro atoms. The van der Waals surface area contributed by atoms with Crippen LogP contribution in [-0.4, -0.2) is 22.1 Å². The van der Waals surface area contributed by atoms with Crippen LogP contribution in [0.4, 0.5) is 0 Å². The zero-order chi connectivity index (χ0) is 11.7. The second-order valence-corrected chi connectivity index (χ2v) is 4.36. The van der Waals surface area contributed by atoms with Crippen molar-refractivity contribution in [3.05, 3.63) is 0 Å². The molecule has 0 fully saturated rings. The van der Waals surface area contributed by atoms with E-state index >= 15 is 0 Å². The molecular weight excluding hydrogens is 212 g/mol. The van der Waals surface area contributed by atoms with E-state index in [1.165, 1.54) is 19.3 Å². The molecule has 0 rings (SSSR count). The molecule has 3 nitrogen and oxygen atoms in total. The van der Waals surface area contributed by atoms with Crippen LogP contribution in [-0.2, 0) is 9.59 Å². The molecule has 0 aromatic rings. The molecule has 4 heteroatoms. The van der Waals surface area contributed by atoms with E-state index < -0.39 is 17.0 Å². The second kappa shape index (κ2) is 8.77. The average Bonchev–Trinajstić information content (AvgIpc) is 2.21. The number of Topliss-reactive ketones (excluding diaryl/α,β-unsaturated/α-hetero) is 1. The number of rotatable bonds is 9. The standard InChI is InChI=1S/C11H20O3S/c1-2-3-4-5-6-7-8-9(15)10(12)11(13)14/h9,15H,2-8H2,1H3,(H,13,14). The van der Waals surface area contributed by atoms with Gasteiger partial charge in [-0.1, -0.05) is 45.4 Å². The summed E-state index contributed by atoms with van der Waals surface area (Å²) in [4.78, 5) is 21.2. The van der Waals surface area contributed by atoms with Gasteiger partial charge in [0.15, 0.2) is 0 Å². The number of unbranched alkanes of at least 4 members (excludes halogenated alkanes) is 5. The van der Waals surface area contributed by atoms with Gasteiger partial charge >= 0.3 is 5.97 Å². The number of carboxylic acids is 1. The number of hydrogen-bond acceptors (Lipinski definition) is 3. The molecule has 0 aliphatic heterocycles. The smallest absolute Gasteiger partial charge is 0.373 e. The van der Waals surface area contributed by atoms with E-state index in [2.05, 4.69) is 19.6 Å². The molecule has 1 atom stereocenters. The van der Waals surface area contributed by atoms with Crippen molar-refractivity contribution in [3.63, 3.8) is 0 Å². The van der Waals surface area contributed by atoms with Crippen molar-refractivity contribution in [2.75, 3.05) is 0 Å². The van der Waals surface area contributed by atoms with Gasteiger partial charge < -0.3 is 5.11 Å². The van der Waals surface area contributed by atoms with Crippen LogP contribution < -0.4 is 0 Å². The Hall–Kier alpha value is -0.510. The lowest BCUT2D eigenvalue weighted by atomic mass is 10.1. The van der Waals surface area contributed by atoms with E-state index in [9.17, 15) is 9.59 Å². The maximum Gasteiger partial charge on any atom is 0.373 e. The molecule has 0 saturated carbocycles. The minimum atomic E-state index is -1.37. The molecule has 1 N–H and O–H groups in total. The lowest BCUT2D eigenvalue weighted by molar-refractivity contribution is -0.148. The number of ketones is 1. The number of carbonyl (C=O) groups is 2. The highest BCUT2D eigenvalue weighted by molar-refractivity contribution is 7.82. The Labute approximate surface area is 96.7 Å². The first-order valence-electron chi connectivity index (χ1n) is 5.54.